The number of nitrogens with zero attached hydrogens (tertiary/aromatic N) is 2. The Balaban J connectivity index is 1.61. The first-order valence-corrected chi connectivity index (χ1v) is 14.5. The van der Waals surface area contributed by atoms with Gasteiger partial charge in [-0.2, -0.15) is 0 Å². The zero-order valence-electron chi connectivity index (χ0n) is 19.6. The van der Waals surface area contributed by atoms with Crippen molar-refractivity contribution in [3.05, 3.63) is 53.1 Å². The third-order valence-electron chi connectivity index (χ3n) is 6.91. The molecule has 4 rings (SSSR count). The summed E-state index contributed by atoms with van der Waals surface area (Å²) in [7, 11) is -5.95. The van der Waals surface area contributed by atoms with Crippen LogP contribution in [0.3, 0.4) is 0 Å². The molecular weight excluding hydrogens is 460 g/mol. The van der Waals surface area contributed by atoms with Crippen molar-refractivity contribution in [3.63, 3.8) is 0 Å². The number of sulfone groups is 2. The van der Waals surface area contributed by atoms with Crippen LogP contribution in [0.1, 0.15) is 16.7 Å². The Morgan fingerprint density at radius 3 is 2.24 bits per heavy atom. The van der Waals surface area contributed by atoms with E-state index in [0.717, 1.165) is 29.9 Å². The first-order valence-electron chi connectivity index (χ1n) is 11.2. The van der Waals surface area contributed by atoms with Crippen LogP contribution >= 0.6 is 0 Å². The van der Waals surface area contributed by atoms with E-state index in [4.69, 9.17) is 4.74 Å². The topological polar surface area (TPSA) is 84.0 Å². The van der Waals surface area contributed by atoms with E-state index in [1.165, 1.54) is 12.7 Å². The van der Waals surface area contributed by atoms with E-state index in [1.54, 1.807) is 12.1 Å². The lowest BCUT2D eigenvalue weighted by atomic mass is 10.1. The standard InChI is InChI=1S/C24H32N2O5S2/c1-17-6-5-7-20(12-17)25-8-10-26(11-9-25)21-15-32(27,28)16-24(21)33(29,30)23-14-19(3)18(2)13-22(23)31-4/h5-7,12-14,21,24H,8-11,15-16H2,1-4H3/t21-,24-/m0/s1. The van der Waals surface area contributed by atoms with E-state index in [9.17, 15) is 16.8 Å². The molecule has 0 bridgehead atoms. The van der Waals surface area contributed by atoms with Crippen LogP contribution in [0.4, 0.5) is 5.69 Å². The Morgan fingerprint density at radius 2 is 1.61 bits per heavy atom. The summed E-state index contributed by atoms with van der Waals surface area (Å²) in [5.41, 5.74) is 4.08. The molecule has 2 fully saturated rings. The molecule has 2 heterocycles. The molecule has 0 saturated carbocycles. The Kier molecular flexibility index (Phi) is 6.50. The maximum Gasteiger partial charge on any atom is 0.187 e. The SMILES string of the molecule is COc1cc(C)c(C)cc1S(=O)(=O)[C@H]1CS(=O)(=O)C[C@@H]1N1CCN(c2cccc(C)c2)CC1. The Labute approximate surface area is 197 Å². The van der Waals surface area contributed by atoms with Crippen molar-refractivity contribution in [3.8, 4) is 5.75 Å². The van der Waals surface area contributed by atoms with Gasteiger partial charge in [0.25, 0.3) is 0 Å². The predicted octanol–water partition coefficient (Wildman–Crippen LogP) is 2.38. The molecule has 0 N–H and O–H groups in total. The summed E-state index contributed by atoms with van der Waals surface area (Å²) in [4.78, 5) is 4.40. The third kappa shape index (κ3) is 4.76. The number of methoxy groups -OCH3 is 1. The number of hydrogen-bond donors (Lipinski definition) is 0. The van der Waals surface area contributed by atoms with E-state index in [1.807, 2.05) is 24.8 Å². The minimum Gasteiger partial charge on any atom is -0.495 e. The average molecular weight is 493 g/mol. The molecule has 7 nitrogen and oxygen atoms in total. The minimum absolute atomic E-state index is 0.0820. The Morgan fingerprint density at radius 1 is 0.939 bits per heavy atom. The van der Waals surface area contributed by atoms with E-state index in [0.29, 0.717) is 13.1 Å². The van der Waals surface area contributed by atoms with Crippen LogP contribution in [-0.4, -0.2) is 77.8 Å². The summed E-state index contributed by atoms with van der Waals surface area (Å²) < 4.78 is 58.2. The quantitative estimate of drug-likeness (QED) is 0.634. The van der Waals surface area contributed by atoms with Crippen molar-refractivity contribution in [1.82, 2.24) is 4.90 Å². The number of hydrogen-bond acceptors (Lipinski definition) is 7. The van der Waals surface area contributed by atoms with Crippen LogP contribution in [0, 0.1) is 20.8 Å². The normalized spacial score (nSPS) is 23.6. The molecule has 180 valence electrons. The molecule has 2 saturated heterocycles. The molecule has 0 unspecified atom stereocenters. The molecule has 2 aromatic carbocycles. The molecule has 2 atom stereocenters. The molecule has 9 heteroatoms. The highest BCUT2D eigenvalue weighted by Gasteiger charge is 2.49. The van der Waals surface area contributed by atoms with Gasteiger partial charge in [-0.1, -0.05) is 12.1 Å². The molecule has 0 aromatic heterocycles. The third-order valence-corrected chi connectivity index (χ3v) is 11.0. The number of aryl methyl sites for hydroxylation is 3. The maximum atomic E-state index is 13.8. The van der Waals surface area contributed by atoms with Gasteiger partial charge in [-0.15, -0.1) is 0 Å². The average Bonchev–Trinajstić information content (AvgIpc) is 3.11. The Hall–Kier alpha value is -2.10. The molecule has 0 spiro atoms. The van der Waals surface area contributed by atoms with E-state index < -0.39 is 31.0 Å². The molecule has 0 radical (unpaired) electrons. The van der Waals surface area contributed by atoms with Gasteiger partial charge in [0.15, 0.2) is 19.7 Å². The molecule has 2 aliphatic rings. The van der Waals surface area contributed by atoms with E-state index >= 15 is 0 Å². The lowest BCUT2D eigenvalue weighted by molar-refractivity contribution is 0.201. The van der Waals surface area contributed by atoms with E-state index in [-0.39, 0.29) is 22.2 Å². The van der Waals surface area contributed by atoms with Crippen LogP contribution in [0.15, 0.2) is 41.3 Å². The highest BCUT2D eigenvalue weighted by atomic mass is 32.2. The monoisotopic (exact) mass is 492 g/mol. The molecule has 33 heavy (non-hydrogen) atoms. The number of anilines is 1. The van der Waals surface area contributed by atoms with Gasteiger partial charge >= 0.3 is 0 Å². The van der Waals surface area contributed by atoms with Gasteiger partial charge in [0.05, 0.1) is 23.9 Å². The van der Waals surface area contributed by atoms with Crippen molar-refractivity contribution in [1.29, 1.82) is 0 Å². The second kappa shape index (κ2) is 8.92. The van der Waals surface area contributed by atoms with Crippen molar-refractivity contribution in [2.75, 3.05) is 49.7 Å². The van der Waals surface area contributed by atoms with Gasteiger partial charge in [-0.05, 0) is 61.7 Å². The van der Waals surface area contributed by atoms with Gasteiger partial charge < -0.3 is 9.64 Å². The van der Waals surface area contributed by atoms with Gasteiger partial charge in [0.1, 0.15) is 10.6 Å². The smallest absolute Gasteiger partial charge is 0.187 e. The van der Waals surface area contributed by atoms with Gasteiger partial charge in [-0.25, -0.2) is 16.8 Å². The lowest BCUT2D eigenvalue weighted by Gasteiger charge is -2.40. The second-order valence-corrected chi connectivity index (χ2v) is 13.5. The first-order chi connectivity index (χ1) is 15.5. The number of benzene rings is 2. The zero-order chi connectivity index (χ0) is 24.0. The van der Waals surface area contributed by atoms with Crippen molar-refractivity contribution >= 4 is 25.4 Å². The molecule has 0 aliphatic carbocycles. The van der Waals surface area contributed by atoms with Gasteiger partial charge in [0.2, 0.25) is 0 Å². The summed E-state index contributed by atoms with van der Waals surface area (Å²) in [5, 5.41) is -1.01. The van der Waals surface area contributed by atoms with Gasteiger partial charge in [-0.3, -0.25) is 4.90 Å². The van der Waals surface area contributed by atoms with Crippen molar-refractivity contribution < 1.29 is 21.6 Å². The fraction of sp³-hybridized carbons (Fsp3) is 0.500. The fourth-order valence-corrected chi connectivity index (χ4v) is 9.93. The largest absolute Gasteiger partial charge is 0.495 e. The lowest BCUT2D eigenvalue weighted by Crippen LogP contribution is -2.55. The van der Waals surface area contributed by atoms with Crippen LogP contribution in [-0.2, 0) is 19.7 Å². The molecule has 2 aliphatic heterocycles. The van der Waals surface area contributed by atoms with Crippen molar-refractivity contribution in [2.45, 2.75) is 37.0 Å². The van der Waals surface area contributed by atoms with Crippen molar-refractivity contribution in [2.24, 2.45) is 0 Å². The number of rotatable bonds is 5. The summed E-state index contributed by atoms with van der Waals surface area (Å²) in [6.45, 7) is 8.47. The van der Waals surface area contributed by atoms with Gasteiger partial charge in [0, 0.05) is 37.9 Å². The fourth-order valence-electron chi connectivity index (χ4n) is 4.88. The molecule has 0 amide bonds. The van der Waals surface area contributed by atoms with Crippen LogP contribution in [0.25, 0.3) is 0 Å². The summed E-state index contributed by atoms with van der Waals surface area (Å²) in [5.74, 6) is -0.215. The molecule has 2 aromatic rings. The maximum absolute atomic E-state index is 13.8. The second-order valence-electron chi connectivity index (χ2n) is 9.18. The summed E-state index contributed by atoms with van der Waals surface area (Å²) in [6, 6.07) is 11.0. The first kappa shape index (κ1) is 24.0. The number of piperazine rings is 1. The Bertz CT molecular complexity index is 1250. The molecular formula is C24H32N2O5S2. The van der Waals surface area contributed by atoms with E-state index in [2.05, 4.69) is 30.0 Å². The van der Waals surface area contributed by atoms with Crippen LogP contribution in [0.5, 0.6) is 5.75 Å². The van der Waals surface area contributed by atoms with Crippen LogP contribution < -0.4 is 9.64 Å². The highest BCUT2D eigenvalue weighted by molar-refractivity contribution is 7.96. The highest BCUT2D eigenvalue weighted by Crippen LogP contribution is 2.35. The minimum atomic E-state index is -3.92. The summed E-state index contributed by atoms with van der Waals surface area (Å²) in [6.07, 6.45) is 0. The predicted molar refractivity (Wildman–Crippen MR) is 131 cm³/mol. The zero-order valence-corrected chi connectivity index (χ0v) is 21.2. The number of ether oxygens (including phenoxy) is 1. The summed E-state index contributed by atoms with van der Waals surface area (Å²) >= 11 is 0. The van der Waals surface area contributed by atoms with Crippen LogP contribution in [0.2, 0.25) is 0 Å².